The molecule has 3 nitrogen and oxygen atoms in total. The van der Waals surface area contributed by atoms with Gasteiger partial charge >= 0.3 is 0 Å². The van der Waals surface area contributed by atoms with Crippen molar-refractivity contribution in [3.63, 3.8) is 0 Å². The summed E-state index contributed by atoms with van der Waals surface area (Å²) in [6, 6.07) is 6.40. The highest BCUT2D eigenvalue weighted by molar-refractivity contribution is 5.32. The zero-order valence-electron chi connectivity index (χ0n) is 9.58. The van der Waals surface area contributed by atoms with Crippen molar-refractivity contribution in [2.45, 2.75) is 25.6 Å². The van der Waals surface area contributed by atoms with Gasteiger partial charge in [0.15, 0.2) is 0 Å². The molecule has 1 aliphatic heterocycles. The van der Waals surface area contributed by atoms with Gasteiger partial charge in [0.1, 0.15) is 5.82 Å². The van der Waals surface area contributed by atoms with Crippen molar-refractivity contribution in [3.05, 3.63) is 35.1 Å². The van der Waals surface area contributed by atoms with Crippen LogP contribution in [0.1, 0.15) is 24.0 Å². The molecule has 1 aromatic rings. The lowest BCUT2D eigenvalue weighted by atomic mass is 10.1. The lowest BCUT2D eigenvalue weighted by Crippen LogP contribution is -2.32. The molecule has 1 fully saturated rings. The Labute approximate surface area is 100 Å². The van der Waals surface area contributed by atoms with E-state index < -0.39 is 0 Å². The van der Waals surface area contributed by atoms with Gasteiger partial charge in [0.25, 0.3) is 0 Å². The van der Waals surface area contributed by atoms with E-state index in [1.165, 1.54) is 6.07 Å². The van der Waals surface area contributed by atoms with Gasteiger partial charge in [-0.3, -0.25) is 0 Å². The summed E-state index contributed by atoms with van der Waals surface area (Å²) in [5.74, 6) is -0.363. The molecule has 0 aliphatic carbocycles. The van der Waals surface area contributed by atoms with Gasteiger partial charge in [-0.1, -0.05) is 6.07 Å². The number of nitrogens with one attached hydrogen (secondary N) is 1. The molecular weight excluding hydrogens is 219 g/mol. The normalized spacial score (nSPS) is 16.7. The van der Waals surface area contributed by atoms with Crippen LogP contribution < -0.4 is 5.32 Å². The number of benzene rings is 1. The molecule has 17 heavy (non-hydrogen) atoms. The van der Waals surface area contributed by atoms with E-state index in [1.807, 2.05) is 6.07 Å². The average Bonchev–Trinajstić information content (AvgIpc) is 2.38. The molecule has 0 radical (unpaired) electrons. The second kappa shape index (κ2) is 5.76. The number of hydrogen-bond acceptors (Lipinski definition) is 3. The molecule has 4 heteroatoms. The molecule has 1 N–H and O–H groups in total. The van der Waals surface area contributed by atoms with Gasteiger partial charge in [-0.25, -0.2) is 4.39 Å². The van der Waals surface area contributed by atoms with Gasteiger partial charge in [-0.15, -0.1) is 0 Å². The predicted molar refractivity (Wildman–Crippen MR) is 61.8 cm³/mol. The molecule has 0 aromatic heterocycles. The zero-order valence-corrected chi connectivity index (χ0v) is 9.58. The first-order chi connectivity index (χ1) is 8.29. The molecule has 0 atom stereocenters. The highest BCUT2D eigenvalue weighted by Gasteiger charge is 2.14. The molecule has 0 spiro atoms. The van der Waals surface area contributed by atoms with Crippen LogP contribution in [0.2, 0.25) is 0 Å². The highest BCUT2D eigenvalue weighted by Crippen LogP contribution is 2.14. The molecule has 0 saturated carbocycles. The maximum absolute atomic E-state index is 13.5. The quantitative estimate of drug-likeness (QED) is 0.869. The second-order valence-electron chi connectivity index (χ2n) is 4.18. The van der Waals surface area contributed by atoms with E-state index >= 15 is 0 Å². The van der Waals surface area contributed by atoms with Crippen LogP contribution in [-0.2, 0) is 11.3 Å². The predicted octanol–water partition coefficient (Wildman–Crippen LogP) is 1.97. The summed E-state index contributed by atoms with van der Waals surface area (Å²) in [6.45, 7) is 2.20. The zero-order chi connectivity index (χ0) is 12.1. The largest absolute Gasteiger partial charge is 0.373 e. The third kappa shape index (κ3) is 3.26. The van der Waals surface area contributed by atoms with Gasteiger partial charge in [-0.05, 0) is 38.1 Å². The summed E-state index contributed by atoms with van der Waals surface area (Å²) >= 11 is 0. The fourth-order valence-corrected chi connectivity index (χ4v) is 1.90. The molecule has 0 unspecified atom stereocenters. The number of nitriles is 1. The Kier molecular flexibility index (Phi) is 4.08. The van der Waals surface area contributed by atoms with Crippen LogP contribution in [0.4, 0.5) is 4.39 Å². The van der Waals surface area contributed by atoms with Crippen LogP contribution in [-0.4, -0.2) is 19.2 Å². The van der Waals surface area contributed by atoms with Gasteiger partial charge in [0.2, 0.25) is 0 Å². The number of halogens is 1. The van der Waals surface area contributed by atoms with E-state index in [2.05, 4.69) is 5.32 Å². The summed E-state index contributed by atoms with van der Waals surface area (Å²) < 4.78 is 19.2. The topological polar surface area (TPSA) is 45.0 Å². The molecule has 1 aliphatic rings. The standard InChI is InChI=1S/C13H15FN2O/c14-13-7-10(8-15)1-2-11(13)9-17-12-3-5-16-6-4-12/h1-2,7,12,16H,3-6,9H2. The van der Waals surface area contributed by atoms with Crippen molar-refractivity contribution in [3.8, 4) is 6.07 Å². The molecule has 1 aromatic carbocycles. The Hall–Kier alpha value is -1.44. The fourth-order valence-electron chi connectivity index (χ4n) is 1.90. The summed E-state index contributed by atoms with van der Waals surface area (Å²) in [7, 11) is 0. The van der Waals surface area contributed by atoms with Crippen molar-refractivity contribution in [2.24, 2.45) is 0 Å². The Morgan fingerprint density at radius 2 is 2.18 bits per heavy atom. The Morgan fingerprint density at radius 3 is 2.82 bits per heavy atom. The summed E-state index contributed by atoms with van der Waals surface area (Å²) in [6.07, 6.45) is 2.15. The third-order valence-electron chi connectivity index (χ3n) is 2.94. The van der Waals surface area contributed by atoms with Crippen LogP contribution >= 0.6 is 0 Å². The number of nitrogens with zero attached hydrogens (tertiary/aromatic N) is 1. The van der Waals surface area contributed by atoms with Crippen molar-refractivity contribution < 1.29 is 9.13 Å². The van der Waals surface area contributed by atoms with Crippen molar-refractivity contribution in [1.29, 1.82) is 5.26 Å². The summed E-state index contributed by atoms with van der Waals surface area (Å²) in [5.41, 5.74) is 0.857. The average molecular weight is 234 g/mol. The number of hydrogen-bond donors (Lipinski definition) is 1. The summed E-state index contributed by atoms with van der Waals surface area (Å²) in [4.78, 5) is 0. The van der Waals surface area contributed by atoms with Crippen molar-refractivity contribution >= 4 is 0 Å². The van der Waals surface area contributed by atoms with E-state index in [9.17, 15) is 4.39 Å². The first-order valence-corrected chi connectivity index (χ1v) is 5.80. The van der Waals surface area contributed by atoms with Crippen LogP contribution in [0.15, 0.2) is 18.2 Å². The number of piperidine rings is 1. The van der Waals surface area contributed by atoms with Crippen LogP contribution in [0, 0.1) is 17.1 Å². The van der Waals surface area contributed by atoms with E-state index in [0.29, 0.717) is 11.1 Å². The Morgan fingerprint density at radius 1 is 1.41 bits per heavy atom. The highest BCUT2D eigenvalue weighted by atomic mass is 19.1. The van der Waals surface area contributed by atoms with E-state index in [0.717, 1.165) is 25.9 Å². The first kappa shape index (κ1) is 12.0. The minimum atomic E-state index is -0.363. The lowest BCUT2D eigenvalue weighted by Gasteiger charge is -2.23. The first-order valence-electron chi connectivity index (χ1n) is 5.80. The number of ether oxygens (including phenoxy) is 1. The molecule has 0 amide bonds. The fraction of sp³-hybridized carbons (Fsp3) is 0.462. The van der Waals surface area contributed by atoms with E-state index in [4.69, 9.17) is 10.00 Å². The van der Waals surface area contributed by atoms with Gasteiger partial charge in [0.05, 0.1) is 24.3 Å². The van der Waals surface area contributed by atoms with E-state index in [-0.39, 0.29) is 18.5 Å². The minimum Gasteiger partial charge on any atom is -0.373 e. The SMILES string of the molecule is N#Cc1ccc(COC2CCNCC2)c(F)c1. The Bertz CT molecular complexity index is 422. The molecular formula is C13H15FN2O. The van der Waals surface area contributed by atoms with Crippen LogP contribution in [0.5, 0.6) is 0 Å². The second-order valence-corrected chi connectivity index (χ2v) is 4.18. The molecule has 2 rings (SSSR count). The van der Waals surface area contributed by atoms with Gasteiger partial charge in [0, 0.05) is 5.56 Å². The minimum absolute atomic E-state index is 0.214. The van der Waals surface area contributed by atoms with Gasteiger partial charge < -0.3 is 10.1 Å². The van der Waals surface area contributed by atoms with Gasteiger partial charge in [-0.2, -0.15) is 5.26 Å². The summed E-state index contributed by atoms with van der Waals surface area (Å²) in [5, 5.41) is 11.9. The van der Waals surface area contributed by atoms with Crippen LogP contribution in [0.25, 0.3) is 0 Å². The van der Waals surface area contributed by atoms with Crippen molar-refractivity contribution in [2.75, 3.05) is 13.1 Å². The molecule has 90 valence electrons. The maximum atomic E-state index is 13.5. The maximum Gasteiger partial charge on any atom is 0.130 e. The number of rotatable bonds is 3. The smallest absolute Gasteiger partial charge is 0.130 e. The van der Waals surface area contributed by atoms with E-state index in [1.54, 1.807) is 12.1 Å². The molecule has 1 saturated heterocycles. The molecule has 0 bridgehead atoms. The Balaban J connectivity index is 1.92. The monoisotopic (exact) mass is 234 g/mol. The molecule has 1 heterocycles. The van der Waals surface area contributed by atoms with Crippen molar-refractivity contribution in [1.82, 2.24) is 5.32 Å². The third-order valence-corrected chi connectivity index (χ3v) is 2.94. The van der Waals surface area contributed by atoms with Crippen LogP contribution in [0.3, 0.4) is 0 Å². The lowest BCUT2D eigenvalue weighted by molar-refractivity contribution is 0.0199.